The molecule has 3 rings (SSSR count). The molecule has 100 valence electrons. The smallest absolute Gasteiger partial charge is 0.243 e. The van der Waals surface area contributed by atoms with Crippen LogP contribution in [-0.2, 0) is 0 Å². The lowest BCUT2D eigenvalue weighted by Crippen LogP contribution is -2.40. The fraction of sp³-hybridized carbons (Fsp3) is 0.857. The lowest BCUT2D eigenvalue weighted by molar-refractivity contribution is 0.0866. The van der Waals surface area contributed by atoms with Crippen LogP contribution in [0.15, 0.2) is 4.52 Å². The van der Waals surface area contributed by atoms with Gasteiger partial charge in [-0.2, -0.15) is 4.98 Å². The summed E-state index contributed by atoms with van der Waals surface area (Å²) in [5.74, 6) is 3.84. The molecular formula is C14H23N3O. The number of aromatic nitrogens is 2. The Morgan fingerprint density at radius 1 is 1.22 bits per heavy atom. The Morgan fingerprint density at radius 2 is 1.89 bits per heavy atom. The molecule has 1 saturated carbocycles. The van der Waals surface area contributed by atoms with Gasteiger partial charge in [-0.15, -0.1) is 0 Å². The van der Waals surface area contributed by atoms with Gasteiger partial charge in [-0.25, -0.2) is 0 Å². The monoisotopic (exact) mass is 249 g/mol. The van der Waals surface area contributed by atoms with Crippen LogP contribution in [0.3, 0.4) is 0 Å². The van der Waals surface area contributed by atoms with Crippen molar-refractivity contribution in [2.45, 2.75) is 52.0 Å². The van der Waals surface area contributed by atoms with Crippen LogP contribution < -0.4 is 0 Å². The number of piperidine rings is 1. The van der Waals surface area contributed by atoms with E-state index < -0.39 is 0 Å². The molecule has 18 heavy (non-hydrogen) atoms. The Hall–Kier alpha value is -0.900. The number of nitrogens with zero attached hydrogens (tertiary/aromatic N) is 3. The summed E-state index contributed by atoms with van der Waals surface area (Å²) >= 11 is 0. The third-order valence-corrected chi connectivity index (χ3v) is 4.20. The second-order valence-electron chi connectivity index (χ2n) is 6.34. The summed E-state index contributed by atoms with van der Waals surface area (Å²) in [6, 6.07) is 0.259. The molecule has 0 unspecified atom stereocenters. The van der Waals surface area contributed by atoms with Crippen molar-refractivity contribution in [3.63, 3.8) is 0 Å². The van der Waals surface area contributed by atoms with Crippen LogP contribution in [0, 0.1) is 11.8 Å². The molecule has 0 aromatic carbocycles. The molecule has 0 amide bonds. The van der Waals surface area contributed by atoms with Crippen LogP contribution >= 0.6 is 0 Å². The lowest BCUT2D eigenvalue weighted by atomic mass is 9.91. The summed E-state index contributed by atoms with van der Waals surface area (Å²) in [6.07, 6.45) is 3.79. The van der Waals surface area contributed by atoms with Crippen LogP contribution in [0.25, 0.3) is 0 Å². The topological polar surface area (TPSA) is 42.2 Å². The van der Waals surface area contributed by atoms with E-state index in [-0.39, 0.29) is 6.04 Å². The van der Waals surface area contributed by atoms with Crippen molar-refractivity contribution in [1.29, 1.82) is 0 Å². The minimum absolute atomic E-state index is 0.259. The Morgan fingerprint density at radius 3 is 2.50 bits per heavy atom. The van der Waals surface area contributed by atoms with E-state index in [2.05, 4.69) is 35.8 Å². The third-order valence-electron chi connectivity index (χ3n) is 4.20. The molecule has 2 aliphatic rings. The second-order valence-corrected chi connectivity index (χ2v) is 6.34. The molecule has 4 heteroatoms. The Kier molecular flexibility index (Phi) is 3.14. The molecule has 1 aliphatic carbocycles. The quantitative estimate of drug-likeness (QED) is 0.826. The van der Waals surface area contributed by atoms with E-state index in [1.165, 1.54) is 19.3 Å². The molecule has 1 aromatic heterocycles. The predicted molar refractivity (Wildman–Crippen MR) is 69.2 cm³/mol. The van der Waals surface area contributed by atoms with Crippen molar-refractivity contribution in [1.82, 2.24) is 15.0 Å². The molecule has 0 spiro atoms. The minimum Gasteiger partial charge on any atom is -0.338 e. The van der Waals surface area contributed by atoms with E-state index in [0.717, 1.165) is 36.6 Å². The summed E-state index contributed by atoms with van der Waals surface area (Å²) in [5, 5.41) is 4.12. The second kappa shape index (κ2) is 4.65. The molecule has 3 atom stereocenters. The lowest BCUT2D eigenvalue weighted by Gasteiger charge is -2.37. The fourth-order valence-corrected chi connectivity index (χ4v) is 3.11. The summed E-state index contributed by atoms with van der Waals surface area (Å²) < 4.78 is 5.45. The van der Waals surface area contributed by atoms with Crippen molar-refractivity contribution in [3.05, 3.63) is 11.7 Å². The van der Waals surface area contributed by atoms with Gasteiger partial charge in [-0.3, -0.25) is 4.90 Å². The maximum absolute atomic E-state index is 5.45. The van der Waals surface area contributed by atoms with Gasteiger partial charge >= 0.3 is 0 Å². The van der Waals surface area contributed by atoms with Crippen molar-refractivity contribution in [3.8, 4) is 0 Å². The van der Waals surface area contributed by atoms with E-state index in [4.69, 9.17) is 4.52 Å². The van der Waals surface area contributed by atoms with E-state index in [0.29, 0.717) is 5.92 Å². The molecule has 0 N–H and O–H groups in total. The van der Waals surface area contributed by atoms with Crippen LogP contribution in [0.2, 0.25) is 0 Å². The molecule has 2 heterocycles. The highest BCUT2D eigenvalue weighted by molar-refractivity contribution is 5.05. The maximum Gasteiger partial charge on any atom is 0.243 e. The Balaban J connectivity index is 1.69. The van der Waals surface area contributed by atoms with E-state index in [1.807, 2.05) is 0 Å². The highest BCUT2D eigenvalue weighted by Crippen LogP contribution is 2.39. The predicted octanol–water partition coefficient (Wildman–Crippen LogP) is 2.99. The first-order valence-electron chi connectivity index (χ1n) is 7.21. The van der Waals surface area contributed by atoms with Crippen molar-refractivity contribution < 1.29 is 4.52 Å². The van der Waals surface area contributed by atoms with Gasteiger partial charge in [0.05, 0.1) is 6.04 Å². The van der Waals surface area contributed by atoms with Gasteiger partial charge in [0.15, 0.2) is 5.82 Å². The van der Waals surface area contributed by atoms with Gasteiger partial charge in [-0.1, -0.05) is 19.0 Å². The number of hydrogen-bond acceptors (Lipinski definition) is 4. The van der Waals surface area contributed by atoms with Crippen LogP contribution in [-0.4, -0.2) is 28.1 Å². The number of rotatable bonds is 3. The maximum atomic E-state index is 5.45. The summed E-state index contributed by atoms with van der Waals surface area (Å²) in [5.41, 5.74) is 0. The third kappa shape index (κ3) is 2.44. The van der Waals surface area contributed by atoms with Crippen molar-refractivity contribution in [2.75, 3.05) is 13.1 Å². The van der Waals surface area contributed by atoms with Gasteiger partial charge in [0.2, 0.25) is 5.89 Å². The summed E-state index contributed by atoms with van der Waals surface area (Å²) in [7, 11) is 0. The van der Waals surface area contributed by atoms with Crippen molar-refractivity contribution in [2.24, 2.45) is 11.8 Å². The van der Waals surface area contributed by atoms with E-state index in [1.54, 1.807) is 0 Å². The largest absolute Gasteiger partial charge is 0.338 e. The van der Waals surface area contributed by atoms with Crippen LogP contribution in [0.1, 0.15) is 63.7 Å². The molecule has 2 fully saturated rings. The zero-order valence-corrected chi connectivity index (χ0v) is 11.6. The molecule has 1 aromatic rings. The first-order valence-corrected chi connectivity index (χ1v) is 7.21. The molecule has 1 saturated heterocycles. The number of hydrogen-bond donors (Lipinski definition) is 0. The molecule has 0 radical (unpaired) electrons. The van der Waals surface area contributed by atoms with Crippen molar-refractivity contribution >= 4 is 0 Å². The highest BCUT2D eigenvalue weighted by atomic mass is 16.5. The Bertz CT molecular complexity index is 403. The zero-order chi connectivity index (χ0) is 12.7. The zero-order valence-electron chi connectivity index (χ0n) is 11.6. The average molecular weight is 249 g/mol. The van der Waals surface area contributed by atoms with Gasteiger partial charge in [0.1, 0.15) is 0 Å². The minimum atomic E-state index is 0.259. The molecular weight excluding hydrogens is 226 g/mol. The van der Waals surface area contributed by atoms with Crippen LogP contribution in [0.5, 0.6) is 0 Å². The molecule has 1 aliphatic heterocycles. The molecule has 4 nitrogen and oxygen atoms in total. The first-order chi connectivity index (χ1) is 8.63. The van der Waals surface area contributed by atoms with Gasteiger partial charge in [0.25, 0.3) is 0 Å². The SMILES string of the molecule is C[C@@H]1C[C@H](C)CN([C@H](C)c2nc(C3CC3)no2)C1. The Labute approximate surface area is 109 Å². The highest BCUT2D eigenvalue weighted by Gasteiger charge is 2.32. The molecule has 0 bridgehead atoms. The van der Waals surface area contributed by atoms with E-state index in [9.17, 15) is 0 Å². The van der Waals surface area contributed by atoms with E-state index >= 15 is 0 Å². The van der Waals surface area contributed by atoms with Gasteiger partial charge < -0.3 is 4.52 Å². The van der Waals surface area contributed by atoms with Gasteiger partial charge in [0, 0.05) is 19.0 Å². The summed E-state index contributed by atoms with van der Waals surface area (Å²) in [6.45, 7) is 9.14. The fourth-order valence-electron chi connectivity index (χ4n) is 3.11. The van der Waals surface area contributed by atoms with Gasteiger partial charge in [-0.05, 0) is 38.0 Å². The standard InChI is InChI=1S/C14H23N3O/c1-9-6-10(2)8-17(7-9)11(3)14-15-13(16-18-14)12-4-5-12/h9-12H,4-8H2,1-3H3/t9-,10+,11-/m1/s1. The van der Waals surface area contributed by atoms with Crippen LogP contribution in [0.4, 0.5) is 0 Å². The summed E-state index contributed by atoms with van der Waals surface area (Å²) in [4.78, 5) is 7.07. The normalized spacial score (nSPS) is 31.5. The number of likely N-dealkylation sites (tertiary alicyclic amines) is 1. The average Bonchev–Trinajstić information content (AvgIpc) is 3.05. The first kappa shape index (κ1) is 12.2.